The van der Waals surface area contributed by atoms with E-state index in [2.05, 4.69) is 29.2 Å². The lowest BCUT2D eigenvalue weighted by Crippen LogP contribution is -2.40. The third-order valence-electron chi connectivity index (χ3n) is 7.31. The molecule has 0 spiro atoms. The van der Waals surface area contributed by atoms with Gasteiger partial charge < -0.3 is 14.8 Å². The number of likely N-dealkylation sites (tertiary alicyclic amines) is 1. The molecule has 36 heavy (non-hydrogen) atoms. The van der Waals surface area contributed by atoms with Crippen LogP contribution in [-0.2, 0) is 7.05 Å². The zero-order valence-electron chi connectivity index (χ0n) is 21.6. The van der Waals surface area contributed by atoms with E-state index in [-0.39, 0.29) is 17.2 Å². The second-order valence-corrected chi connectivity index (χ2v) is 10.5. The summed E-state index contributed by atoms with van der Waals surface area (Å²) in [5.74, 6) is 1.18. The summed E-state index contributed by atoms with van der Waals surface area (Å²) in [7, 11) is 1.87. The third-order valence-corrected chi connectivity index (χ3v) is 7.31. The first-order chi connectivity index (χ1) is 17.3. The van der Waals surface area contributed by atoms with Crippen molar-refractivity contribution in [2.45, 2.75) is 33.6 Å². The summed E-state index contributed by atoms with van der Waals surface area (Å²) in [6.07, 6.45) is 2.16. The van der Waals surface area contributed by atoms with E-state index < -0.39 is 0 Å². The molecule has 1 aliphatic heterocycles. The first kappa shape index (κ1) is 24.3. The molecule has 7 heteroatoms. The van der Waals surface area contributed by atoms with E-state index in [1.807, 2.05) is 67.1 Å². The molecule has 1 aliphatic rings. The Morgan fingerprint density at radius 3 is 2.47 bits per heavy atom. The number of carbonyl (C=O) groups excluding carboxylic acids is 1. The molecule has 0 unspecified atom stereocenters. The number of rotatable bonds is 6. The Morgan fingerprint density at radius 1 is 1.06 bits per heavy atom. The van der Waals surface area contributed by atoms with Crippen LogP contribution in [0.1, 0.15) is 42.7 Å². The first-order valence-corrected chi connectivity index (χ1v) is 12.9. The average Bonchev–Trinajstić information content (AvgIpc) is 3.15. The van der Waals surface area contributed by atoms with E-state index in [1.54, 1.807) is 0 Å². The summed E-state index contributed by atoms with van der Waals surface area (Å²) in [4.78, 5) is 29.6. The lowest BCUT2D eigenvalue weighted by molar-refractivity contribution is 0.0942. The lowest BCUT2D eigenvalue weighted by atomic mass is 9.92. The SMILES string of the molecule is Cc1ccc(-n2nc(C(=O)NCCCN3C[C@H](C)C[C@@H](C)C3)c3c4ccccc4n(C)c3c2=O)cc1. The van der Waals surface area contributed by atoms with E-state index in [9.17, 15) is 9.59 Å². The molecule has 1 N–H and O–H groups in total. The van der Waals surface area contributed by atoms with Gasteiger partial charge >= 0.3 is 0 Å². The molecule has 4 aromatic rings. The Bertz CT molecular complexity index is 1460. The zero-order chi connectivity index (χ0) is 25.4. The standard InChI is InChI=1S/C29H35N5O2/c1-19-10-12-22(13-11-19)34-29(36)27-25(23-8-5-6-9-24(23)32(27)4)26(31-34)28(35)30-14-7-15-33-17-20(2)16-21(3)18-33/h5-6,8-13,20-21H,7,14-18H2,1-4H3,(H,30,35)/t20-,21-/m1/s1. The molecule has 3 heterocycles. The predicted molar refractivity (Wildman–Crippen MR) is 145 cm³/mol. The highest BCUT2D eigenvalue weighted by atomic mass is 16.2. The molecule has 0 bridgehead atoms. The third kappa shape index (κ3) is 4.55. The van der Waals surface area contributed by atoms with Crippen LogP contribution in [0, 0.1) is 18.8 Å². The van der Waals surface area contributed by atoms with Crippen LogP contribution in [-0.4, -0.2) is 51.3 Å². The monoisotopic (exact) mass is 485 g/mol. The summed E-state index contributed by atoms with van der Waals surface area (Å²) < 4.78 is 3.22. The molecule has 1 amide bonds. The van der Waals surface area contributed by atoms with E-state index in [1.165, 1.54) is 11.1 Å². The summed E-state index contributed by atoms with van der Waals surface area (Å²) >= 11 is 0. The second-order valence-electron chi connectivity index (χ2n) is 10.5. The van der Waals surface area contributed by atoms with Gasteiger partial charge in [-0.15, -0.1) is 0 Å². The molecule has 1 fully saturated rings. The van der Waals surface area contributed by atoms with Crippen LogP contribution >= 0.6 is 0 Å². The number of hydrogen-bond donors (Lipinski definition) is 1. The van der Waals surface area contributed by atoms with Crippen molar-refractivity contribution in [3.05, 3.63) is 70.1 Å². The number of nitrogens with zero attached hydrogens (tertiary/aromatic N) is 4. The van der Waals surface area contributed by atoms with Crippen molar-refractivity contribution in [1.82, 2.24) is 24.6 Å². The zero-order valence-corrected chi connectivity index (χ0v) is 21.6. The fourth-order valence-electron chi connectivity index (χ4n) is 5.76. The molecule has 188 valence electrons. The summed E-state index contributed by atoms with van der Waals surface area (Å²) in [5.41, 5.74) is 3.15. The van der Waals surface area contributed by atoms with Gasteiger partial charge in [0, 0.05) is 43.0 Å². The summed E-state index contributed by atoms with van der Waals surface area (Å²) in [5, 5.41) is 9.17. The lowest BCUT2D eigenvalue weighted by Gasteiger charge is -2.34. The maximum absolute atomic E-state index is 13.6. The summed E-state index contributed by atoms with van der Waals surface area (Å²) in [6.45, 7) is 10.4. The minimum atomic E-state index is -0.252. The molecule has 2 atom stereocenters. The van der Waals surface area contributed by atoms with Crippen molar-refractivity contribution in [1.29, 1.82) is 0 Å². The number of amides is 1. The van der Waals surface area contributed by atoms with Crippen LogP contribution in [0.25, 0.3) is 27.5 Å². The van der Waals surface area contributed by atoms with Gasteiger partial charge in [0.2, 0.25) is 0 Å². The van der Waals surface area contributed by atoms with Gasteiger partial charge in [0.1, 0.15) is 5.52 Å². The van der Waals surface area contributed by atoms with Gasteiger partial charge in [-0.2, -0.15) is 9.78 Å². The Hall–Kier alpha value is -3.45. The van der Waals surface area contributed by atoms with E-state index in [4.69, 9.17) is 0 Å². The topological polar surface area (TPSA) is 72.2 Å². The van der Waals surface area contributed by atoms with Crippen molar-refractivity contribution in [2.24, 2.45) is 18.9 Å². The maximum Gasteiger partial charge on any atom is 0.296 e. The van der Waals surface area contributed by atoms with Crippen LogP contribution in [0.5, 0.6) is 0 Å². The van der Waals surface area contributed by atoms with E-state index in [0.717, 1.165) is 54.4 Å². The summed E-state index contributed by atoms with van der Waals surface area (Å²) in [6, 6.07) is 15.4. The highest BCUT2D eigenvalue weighted by Crippen LogP contribution is 2.28. The highest BCUT2D eigenvalue weighted by molar-refractivity contribution is 6.16. The van der Waals surface area contributed by atoms with Crippen molar-refractivity contribution >= 4 is 27.7 Å². The number of nitrogens with one attached hydrogen (secondary N) is 1. The average molecular weight is 486 g/mol. The minimum absolute atomic E-state index is 0.238. The van der Waals surface area contributed by atoms with Crippen LogP contribution in [0.2, 0.25) is 0 Å². The van der Waals surface area contributed by atoms with Gasteiger partial charge in [0.15, 0.2) is 5.69 Å². The van der Waals surface area contributed by atoms with Crippen LogP contribution in [0.3, 0.4) is 0 Å². The molecule has 0 aliphatic carbocycles. The number of fused-ring (bicyclic) bond motifs is 3. The normalized spacial score (nSPS) is 18.7. The Labute approximate surface area is 211 Å². The Kier molecular flexibility index (Phi) is 6.67. The van der Waals surface area contributed by atoms with Gasteiger partial charge in [-0.25, -0.2) is 0 Å². The van der Waals surface area contributed by atoms with Gasteiger partial charge in [0.05, 0.1) is 5.69 Å². The van der Waals surface area contributed by atoms with Crippen molar-refractivity contribution < 1.29 is 4.79 Å². The molecule has 0 saturated carbocycles. The van der Waals surface area contributed by atoms with Crippen molar-refractivity contribution in [3.63, 3.8) is 0 Å². The maximum atomic E-state index is 13.6. The molecular formula is C29H35N5O2. The van der Waals surface area contributed by atoms with Gasteiger partial charge in [-0.1, -0.05) is 49.7 Å². The Morgan fingerprint density at radius 2 is 1.75 bits per heavy atom. The molecule has 2 aromatic carbocycles. The molecule has 5 rings (SSSR count). The largest absolute Gasteiger partial charge is 0.351 e. The second kappa shape index (κ2) is 9.90. The van der Waals surface area contributed by atoms with Gasteiger partial charge in [-0.05, 0) is 56.3 Å². The van der Waals surface area contributed by atoms with E-state index in [0.29, 0.717) is 23.1 Å². The predicted octanol–water partition coefficient (Wildman–Crippen LogP) is 4.28. The van der Waals surface area contributed by atoms with E-state index >= 15 is 0 Å². The van der Waals surface area contributed by atoms with Gasteiger partial charge in [0.25, 0.3) is 11.5 Å². The van der Waals surface area contributed by atoms with Crippen LogP contribution in [0.4, 0.5) is 0 Å². The van der Waals surface area contributed by atoms with Crippen molar-refractivity contribution in [2.75, 3.05) is 26.2 Å². The molecule has 2 aromatic heterocycles. The van der Waals surface area contributed by atoms with Crippen LogP contribution in [0.15, 0.2) is 53.3 Å². The van der Waals surface area contributed by atoms with Crippen molar-refractivity contribution in [3.8, 4) is 5.69 Å². The molecule has 0 radical (unpaired) electrons. The quantitative estimate of drug-likeness (QED) is 0.414. The molecule has 1 saturated heterocycles. The number of hydrogen-bond acceptors (Lipinski definition) is 4. The number of carbonyl (C=O) groups is 1. The smallest absolute Gasteiger partial charge is 0.296 e. The molecule has 7 nitrogen and oxygen atoms in total. The fourth-order valence-corrected chi connectivity index (χ4v) is 5.76. The van der Waals surface area contributed by atoms with Crippen LogP contribution < -0.4 is 10.9 Å². The number of para-hydroxylation sites is 1. The fraction of sp³-hybridized carbons (Fsp3) is 0.414. The number of aromatic nitrogens is 3. The number of piperidine rings is 1. The first-order valence-electron chi connectivity index (χ1n) is 12.9. The minimum Gasteiger partial charge on any atom is -0.351 e. The highest BCUT2D eigenvalue weighted by Gasteiger charge is 2.24. The molecular weight excluding hydrogens is 450 g/mol. The number of aryl methyl sites for hydroxylation is 2. The van der Waals surface area contributed by atoms with Gasteiger partial charge in [-0.3, -0.25) is 9.59 Å². The number of benzene rings is 2. The Balaban J connectivity index is 1.47.